The SMILES string of the molecule is COC(=O)c1ccc2nc(NC(=O)c3ccc(C(=O)c4ccccc4)cc3)sc2c1. The van der Waals surface area contributed by atoms with E-state index >= 15 is 0 Å². The number of nitrogens with zero attached hydrogens (tertiary/aromatic N) is 1. The van der Waals surface area contributed by atoms with Crippen molar-refractivity contribution in [3.05, 3.63) is 95.1 Å². The Kier molecular flexibility index (Phi) is 5.36. The van der Waals surface area contributed by atoms with Gasteiger partial charge in [0.1, 0.15) is 0 Å². The number of nitrogens with one attached hydrogen (secondary N) is 1. The summed E-state index contributed by atoms with van der Waals surface area (Å²) in [6.45, 7) is 0. The van der Waals surface area contributed by atoms with Gasteiger partial charge in [0.15, 0.2) is 10.9 Å². The van der Waals surface area contributed by atoms with Crippen LogP contribution in [0.15, 0.2) is 72.8 Å². The van der Waals surface area contributed by atoms with Gasteiger partial charge in [-0.3, -0.25) is 14.9 Å². The van der Waals surface area contributed by atoms with Gasteiger partial charge in [-0.2, -0.15) is 0 Å². The summed E-state index contributed by atoms with van der Waals surface area (Å²) >= 11 is 1.26. The van der Waals surface area contributed by atoms with Crippen LogP contribution in [0.25, 0.3) is 10.2 Å². The summed E-state index contributed by atoms with van der Waals surface area (Å²) in [7, 11) is 1.32. The number of aromatic nitrogens is 1. The van der Waals surface area contributed by atoms with Crippen LogP contribution in [0.2, 0.25) is 0 Å². The number of hydrogen-bond acceptors (Lipinski definition) is 6. The molecule has 0 bridgehead atoms. The van der Waals surface area contributed by atoms with Crippen LogP contribution < -0.4 is 5.32 Å². The highest BCUT2D eigenvalue weighted by Crippen LogP contribution is 2.27. The van der Waals surface area contributed by atoms with Crippen LogP contribution in [-0.4, -0.2) is 29.8 Å². The van der Waals surface area contributed by atoms with E-state index in [2.05, 4.69) is 10.3 Å². The van der Waals surface area contributed by atoms with Crippen molar-refractivity contribution in [3.8, 4) is 0 Å². The van der Waals surface area contributed by atoms with Crippen LogP contribution in [0.5, 0.6) is 0 Å². The molecule has 0 atom stereocenters. The molecule has 1 N–H and O–H groups in total. The molecule has 3 aromatic carbocycles. The Bertz CT molecular complexity index is 1250. The van der Waals surface area contributed by atoms with E-state index in [-0.39, 0.29) is 11.7 Å². The number of methoxy groups -OCH3 is 1. The molecule has 0 saturated carbocycles. The molecule has 1 aromatic heterocycles. The third-order valence-electron chi connectivity index (χ3n) is 4.48. The Labute approximate surface area is 176 Å². The molecule has 0 aliphatic carbocycles. The first-order valence-electron chi connectivity index (χ1n) is 9.05. The summed E-state index contributed by atoms with van der Waals surface area (Å²) in [6.07, 6.45) is 0. The van der Waals surface area contributed by atoms with Gasteiger partial charge in [-0.1, -0.05) is 53.8 Å². The number of fused-ring (bicyclic) bond motifs is 1. The van der Waals surface area contributed by atoms with E-state index in [0.717, 1.165) is 4.70 Å². The van der Waals surface area contributed by atoms with Crippen molar-refractivity contribution >= 4 is 44.3 Å². The Hall–Kier alpha value is -3.84. The number of thiazole rings is 1. The lowest BCUT2D eigenvalue weighted by atomic mass is 10.0. The number of esters is 1. The summed E-state index contributed by atoms with van der Waals surface area (Å²) in [5.74, 6) is -0.864. The third kappa shape index (κ3) is 3.97. The molecular weight excluding hydrogens is 400 g/mol. The average molecular weight is 416 g/mol. The second-order valence-electron chi connectivity index (χ2n) is 6.42. The fraction of sp³-hybridized carbons (Fsp3) is 0.0435. The Balaban J connectivity index is 1.50. The van der Waals surface area contributed by atoms with E-state index in [4.69, 9.17) is 4.74 Å². The number of carbonyl (C=O) groups excluding carboxylic acids is 3. The molecule has 0 aliphatic rings. The van der Waals surface area contributed by atoms with Gasteiger partial charge in [0.2, 0.25) is 0 Å². The lowest BCUT2D eigenvalue weighted by Gasteiger charge is -2.04. The highest BCUT2D eigenvalue weighted by Gasteiger charge is 2.14. The van der Waals surface area contributed by atoms with E-state index in [9.17, 15) is 14.4 Å². The van der Waals surface area contributed by atoms with Crippen molar-refractivity contribution in [2.24, 2.45) is 0 Å². The number of ketones is 1. The minimum Gasteiger partial charge on any atom is -0.465 e. The lowest BCUT2D eigenvalue weighted by Crippen LogP contribution is -2.12. The summed E-state index contributed by atoms with van der Waals surface area (Å²) in [5.41, 5.74) is 2.61. The van der Waals surface area contributed by atoms with Gasteiger partial charge in [-0.25, -0.2) is 9.78 Å². The Morgan fingerprint density at radius 2 is 1.47 bits per heavy atom. The minimum atomic E-state index is -0.430. The molecule has 0 aliphatic heterocycles. The van der Waals surface area contributed by atoms with Crippen molar-refractivity contribution in [1.29, 1.82) is 0 Å². The molecule has 0 saturated heterocycles. The van der Waals surface area contributed by atoms with Gasteiger partial charge in [0.25, 0.3) is 5.91 Å². The average Bonchev–Trinajstić information content (AvgIpc) is 3.20. The summed E-state index contributed by atoms with van der Waals surface area (Å²) < 4.78 is 5.48. The fourth-order valence-electron chi connectivity index (χ4n) is 2.92. The standard InChI is InChI=1S/C23H16N2O4S/c1-29-22(28)17-11-12-18-19(13-17)30-23(24-18)25-21(27)16-9-7-15(8-10-16)20(26)14-5-3-2-4-6-14/h2-13H,1H3,(H,24,25,27). The zero-order valence-electron chi connectivity index (χ0n) is 15.9. The number of amides is 1. The summed E-state index contributed by atoms with van der Waals surface area (Å²) in [6, 6.07) is 20.4. The van der Waals surface area contributed by atoms with Crippen LogP contribution in [0.3, 0.4) is 0 Å². The van der Waals surface area contributed by atoms with Crippen molar-refractivity contribution in [2.75, 3.05) is 12.4 Å². The molecule has 148 valence electrons. The Morgan fingerprint density at radius 3 is 2.17 bits per heavy atom. The normalized spacial score (nSPS) is 10.6. The first kappa shape index (κ1) is 19.5. The second-order valence-corrected chi connectivity index (χ2v) is 7.45. The van der Waals surface area contributed by atoms with Gasteiger partial charge in [-0.15, -0.1) is 0 Å². The van der Waals surface area contributed by atoms with Crippen molar-refractivity contribution in [1.82, 2.24) is 4.98 Å². The molecule has 30 heavy (non-hydrogen) atoms. The zero-order chi connectivity index (χ0) is 21.1. The van der Waals surface area contributed by atoms with Crippen molar-refractivity contribution in [3.63, 3.8) is 0 Å². The first-order valence-corrected chi connectivity index (χ1v) is 9.87. The quantitative estimate of drug-likeness (QED) is 0.381. The maximum atomic E-state index is 12.6. The van der Waals surface area contributed by atoms with Crippen molar-refractivity contribution in [2.45, 2.75) is 0 Å². The molecule has 7 heteroatoms. The number of anilines is 1. The fourth-order valence-corrected chi connectivity index (χ4v) is 3.82. The molecule has 4 rings (SSSR count). The van der Waals surface area contributed by atoms with E-state index < -0.39 is 5.97 Å². The molecular formula is C23H16N2O4S. The largest absolute Gasteiger partial charge is 0.465 e. The number of ether oxygens (including phenoxy) is 1. The number of benzene rings is 3. The molecule has 0 spiro atoms. The van der Waals surface area contributed by atoms with E-state index in [1.165, 1.54) is 18.4 Å². The van der Waals surface area contributed by atoms with E-state index in [0.29, 0.717) is 32.9 Å². The van der Waals surface area contributed by atoms with Gasteiger partial charge in [0.05, 0.1) is 22.9 Å². The molecule has 1 heterocycles. The number of rotatable bonds is 5. The molecule has 1 amide bonds. The van der Waals surface area contributed by atoms with Crippen molar-refractivity contribution < 1.29 is 19.1 Å². The maximum absolute atomic E-state index is 12.6. The highest BCUT2D eigenvalue weighted by atomic mass is 32.1. The van der Waals surface area contributed by atoms with E-state index in [1.807, 2.05) is 6.07 Å². The summed E-state index contributed by atoms with van der Waals surface area (Å²) in [4.78, 5) is 41.1. The van der Waals surface area contributed by atoms with Crippen LogP contribution in [0.1, 0.15) is 36.6 Å². The smallest absolute Gasteiger partial charge is 0.337 e. The molecule has 0 fully saturated rings. The van der Waals surface area contributed by atoms with Crippen LogP contribution in [0.4, 0.5) is 5.13 Å². The summed E-state index contributed by atoms with van der Waals surface area (Å²) in [5, 5.41) is 3.18. The number of hydrogen-bond donors (Lipinski definition) is 1. The molecule has 0 unspecified atom stereocenters. The molecule has 6 nitrogen and oxygen atoms in total. The topological polar surface area (TPSA) is 85.4 Å². The van der Waals surface area contributed by atoms with E-state index in [1.54, 1.807) is 66.7 Å². The molecule has 4 aromatic rings. The van der Waals surface area contributed by atoms with Gasteiger partial charge in [-0.05, 0) is 30.3 Å². The Morgan fingerprint density at radius 1 is 0.833 bits per heavy atom. The molecule has 0 radical (unpaired) electrons. The second kappa shape index (κ2) is 8.26. The monoisotopic (exact) mass is 416 g/mol. The first-order chi connectivity index (χ1) is 14.5. The highest BCUT2D eigenvalue weighted by molar-refractivity contribution is 7.22. The third-order valence-corrected chi connectivity index (χ3v) is 5.41. The predicted octanol–water partition coefficient (Wildman–Crippen LogP) is 4.57. The predicted molar refractivity (Wildman–Crippen MR) is 115 cm³/mol. The number of carbonyl (C=O) groups is 3. The van der Waals surface area contributed by atoms with Crippen LogP contribution in [0, 0.1) is 0 Å². The minimum absolute atomic E-state index is 0.102. The maximum Gasteiger partial charge on any atom is 0.337 e. The lowest BCUT2D eigenvalue weighted by molar-refractivity contribution is 0.0600. The van der Waals surface area contributed by atoms with Gasteiger partial charge in [0, 0.05) is 16.7 Å². The van der Waals surface area contributed by atoms with Gasteiger partial charge < -0.3 is 4.74 Å². The van der Waals surface area contributed by atoms with Crippen LogP contribution in [-0.2, 0) is 4.74 Å². The zero-order valence-corrected chi connectivity index (χ0v) is 16.7. The van der Waals surface area contributed by atoms with Crippen LogP contribution >= 0.6 is 11.3 Å². The van der Waals surface area contributed by atoms with Gasteiger partial charge >= 0.3 is 5.97 Å².